The number of benzene rings is 3. The lowest BCUT2D eigenvalue weighted by Gasteiger charge is -2.42. The molecular formula is C35H35BrClFN4O4. The van der Waals surface area contributed by atoms with E-state index in [2.05, 4.69) is 26.9 Å². The number of ether oxygens (including phenoxy) is 3. The Morgan fingerprint density at radius 2 is 1.87 bits per heavy atom. The molecule has 0 spiro atoms. The quantitative estimate of drug-likeness (QED) is 0.140. The van der Waals surface area contributed by atoms with E-state index in [1.165, 1.54) is 0 Å². The molecule has 8 nitrogen and oxygen atoms in total. The van der Waals surface area contributed by atoms with Crippen LogP contribution in [0, 0.1) is 17.1 Å². The summed E-state index contributed by atoms with van der Waals surface area (Å²) < 4.78 is 34.3. The van der Waals surface area contributed by atoms with Gasteiger partial charge in [0.1, 0.15) is 28.1 Å². The van der Waals surface area contributed by atoms with Crippen LogP contribution in [0.15, 0.2) is 46.9 Å². The maximum Gasteiger partial charge on any atom is 0.410 e. The van der Waals surface area contributed by atoms with Crippen molar-refractivity contribution in [2.45, 2.75) is 64.1 Å². The number of hydrogen-bond acceptors (Lipinski definition) is 7. The number of nitrogens with zero attached hydrogens (tertiary/aromatic N) is 4. The van der Waals surface area contributed by atoms with E-state index in [-0.39, 0.29) is 36.5 Å². The van der Waals surface area contributed by atoms with Gasteiger partial charge in [0.2, 0.25) is 0 Å². The SMILES string of the molecule is COCOc1cc(-c2c(CCC#N)cc3c(N4C5CCC4CN(C(=O)OC(C)(C)C)C5)nc(Cl)c(Br)c3c2F)c2ccccc2c1. The lowest BCUT2D eigenvalue weighted by Crippen LogP contribution is -2.56. The van der Waals surface area contributed by atoms with Crippen LogP contribution in [0.5, 0.6) is 5.75 Å². The summed E-state index contributed by atoms with van der Waals surface area (Å²) in [5, 5.41) is 12.4. The summed E-state index contributed by atoms with van der Waals surface area (Å²) in [6.45, 7) is 6.53. The van der Waals surface area contributed by atoms with E-state index in [0.29, 0.717) is 63.0 Å². The minimum atomic E-state index is -0.597. The monoisotopic (exact) mass is 708 g/mol. The number of aryl methyl sites for hydroxylation is 1. The third-order valence-electron chi connectivity index (χ3n) is 8.53. The molecule has 0 N–H and O–H groups in total. The third kappa shape index (κ3) is 6.08. The van der Waals surface area contributed by atoms with Gasteiger partial charge in [0.15, 0.2) is 6.79 Å². The summed E-state index contributed by atoms with van der Waals surface area (Å²) in [6, 6.07) is 15.5. The number of methoxy groups -OCH3 is 1. The summed E-state index contributed by atoms with van der Waals surface area (Å²) in [4.78, 5) is 21.7. The number of amides is 1. The summed E-state index contributed by atoms with van der Waals surface area (Å²) in [7, 11) is 1.54. The molecule has 3 heterocycles. The minimum Gasteiger partial charge on any atom is -0.468 e. The Morgan fingerprint density at radius 3 is 2.54 bits per heavy atom. The fraction of sp³-hybridized carbons (Fsp3) is 0.400. The Hall–Kier alpha value is -3.65. The highest BCUT2D eigenvalue weighted by Crippen LogP contribution is 2.47. The largest absolute Gasteiger partial charge is 0.468 e. The van der Waals surface area contributed by atoms with Crippen molar-refractivity contribution in [3.63, 3.8) is 0 Å². The zero-order valence-electron chi connectivity index (χ0n) is 26.2. The molecule has 2 atom stereocenters. The molecule has 2 aliphatic rings. The number of anilines is 1. The van der Waals surface area contributed by atoms with Crippen molar-refractivity contribution in [3.05, 3.63) is 63.5 Å². The van der Waals surface area contributed by atoms with Gasteiger partial charge in [-0.2, -0.15) is 5.26 Å². The molecule has 0 aliphatic carbocycles. The fourth-order valence-electron chi connectivity index (χ4n) is 6.70. The van der Waals surface area contributed by atoms with Gasteiger partial charge in [-0.1, -0.05) is 35.9 Å². The van der Waals surface area contributed by atoms with Gasteiger partial charge in [-0.25, -0.2) is 14.2 Å². The van der Waals surface area contributed by atoms with Crippen molar-refractivity contribution in [1.82, 2.24) is 9.88 Å². The zero-order chi connectivity index (χ0) is 32.7. The molecule has 2 fully saturated rings. The number of fused-ring (bicyclic) bond motifs is 4. The van der Waals surface area contributed by atoms with Crippen LogP contribution in [0.4, 0.5) is 15.0 Å². The maximum absolute atomic E-state index is 17.3. The van der Waals surface area contributed by atoms with Crippen LogP contribution in [0.3, 0.4) is 0 Å². The first-order valence-corrected chi connectivity index (χ1v) is 16.5. The average molecular weight is 710 g/mol. The number of piperazine rings is 1. The highest BCUT2D eigenvalue weighted by atomic mass is 79.9. The number of pyridine rings is 1. The van der Waals surface area contributed by atoms with Gasteiger partial charge in [0, 0.05) is 55.0 Å². The van der Waals surface area contributed by atoms with Gasteiger partial charge in [-0.3, -0.25) is 0 Å². The number of carbonyl (C=O) groups is 1. The first-order valence-electron chi connectivity index (χ1n) is 15.3. The zero-order valence-corrected chi connectivity index (χ0v) is 28.5. The highest BCUT2D eigenvalue weighted by Gasteiger charge is 2.44. The van der Waals surface area contributed by atoms with Crippen LogP contribution in [-0.4, -0.2) is 60.7 Å². The first-order chi connectivity index (χ1) is 22.0. The molecule has 0 saturated carbocycles. The van der Waals surface area contributed by atoms with Gasteiger partial charge >= 0.3 is 6.09 Å². The highest BCUT2D eigenvalue weighted by molar-refractivity contribution is 9.10. The number of nitriles is 1. The Labute approximate surface area is 281 Å². The number of rotatable bonds is 7. The van der Waals surface area contributed by atoms with Crippen LogP contribution in [0.1, 0.15) is 45.6 Å². The van der Waals surface area contributed by atoms with Crippen LogP contribution in [0.25, 0.3) is 32.7 Å². The Kier molecular flexibility index (Phi) is 9.03. The number of halogens is 3. The molecule has 11 heteroatoms. The predicted molar refractivity (Wildman–Crippen MR) is 181 cm³/mol. The van der Waals surface area contributed by atoms with Gasteiger partial charge in [-0.15, -0.1) is 0 Å². The average Bonchev–Trinajstić information content (AvgIpc) is 3.27. The molecule has 1 aromatic heterocycles. The maximum atomic E-state index is 17.3. The smallest absolute Gasteiger partial charge is 0.410 e. The van der Waals surface area contributed by atoms with Crippen molar-refractivity contribution in [2.75, 3.05) is 31.9 Å². The lowest BCUT2D eigenvalue weighted by molar-refractivity contribution is 0.0209. The molecule has 0 radical (unpaired) electrons. The molecule has 2 unspecified atom stereocenters. The molecule has 6 rings (SSSR count). The molecule has 1 amide bonds. The first kappa shape index (κ1) is 32.3. The molecule has 2 aliphatic heterocycles. The Morgan fingerprint density at radius 1 is 1.15 bits per heavy atom. The number of carbonyl (C=O) groups excluding carboxylic acids is 1. The van der Waals surface area contributed by atoms with Crippen LogP contribution in [-0.2, 0) is 15.9 Å². The fourth-order valence-corrected chi connectivity index (χ4v) is 7.35. The topological polar surface area (TPSA) is 87.9 Å². The van der Waals surface area contributed by atoms with Crippen molar-refractivity contribution < 1.29 is 23.4 Å². The van der Waals surface area contributed by atoms with Crippen LogP contribution >= 0.6 is 27.5 Å². The minimum absolute atomic E-state index is 0.0388. The predicted octanol–water partition coefficient (Wildman–Crippen LogP) is 8.64. The van der Waals surface area contributed by atoms with Crippen molar-refractivity contribution >= 4 is 61.0 Å². The van der Waals surface area contributed by atoms with E-state index in [9.17, 15) is 10.1 Å². The number of hydrogen-bond donors (Lipinski definition) is 0. The Bertz CT molecular complexity index is 1860. The molecule has 2 saturated heterocycles. The molecular weight excluding hydrogens is 675 g/mol. The van der Waals surface area contributed by atoms with E-state index in [4.69, 9.17) is 30.8 Å². The summed E-state index contributed by atoms with van der Waals surface area (Å²) in [5.41, 5.74) is 1.11. The molecule has 46 heavy (non-hydrogen) atoms. The van der Waals surface area contributed by atoms with Gasteiger partial charge in [-0.05, 0) is 96.1 Å². The lowest BCUT2D eigenvalue weighted by atomic mass is 9.89. The van der Waals surface area contributed by atoms with Crippen LogP contribution < -0.4 is 9.64 Å². The molecule has 3 aromatic carbocycles. The summed E-state index contributed by atoms with van der Waals surface area (Å²) >= 11 is 10.3. The second kappa shape index (κ2) is 12.9. The van der Waals surface area contributed by atoms with Gasteiger partial charge in [0.25, 0.3) is 0 Å². The van der Waals surface area contributed by atoms with Gasteiger partial charge < -0.3 is 24.0 Å². The van der Waals surface area contributed by atoms with E-state index in [0.717, 1.165) is 23.6 Å². The summed E-state index contributed by atoms with van der Waals surface area (Å²) in [5.74, 6) is 0.648. The third-order valence-corrected chi connectivity index (χ3v) is 9.80. The van der Waals surface area contributed by atoms with E-state index in [1.54, 1.807) is 12.0 Å². The normalized spacial score (nSPS) is 17.9. The van der Waals surface area contributed by atoms with E-state index >= 15 is 4.39 Å². The van der Waals surface area contributed by atoms with Crippen molar-refractivity contribution in [3.8, 4) is 22.9 Å². The second-order valence-electron chi connectivity index (χ2n) is 12.8. The van der Waals surface area contributed by atoms with E-state index < -0.39 is 11.4 Å². The number of aromatic nitrogens is 1. The van der Waals surface area contributed by atoms with Crippen molar-refractivity contribution in [2.24, 2.45) is 0 Å². The van der Waals surface area contributed by atoms with Crippen molar-refractivity contribution in [1.29, 1.82) is 5.26 Å². The number of likely N-dealkylation sites (tertiary alicyclic amines) is 1. The standard InChI is InChI=1S/C35H35BrClFN4O4/c1-35(2,3)46-34(43)41-17-22-11-12-23(18-41)42(22)33-27-15-21(9-7-13-39)28(31(38)29(27)30(36)32(37)40-33)26-16-24(45-19-44-4)14-20-8-5-6-10-25(20)26/h5-6,8,10,14-16,22-23H,7,9,11-12,17-19H2,1-4H3. The van der Waals surface area contributed by atoms with E-state index in [1.807, 2.05) is 63.2 Å². The summed E-state index contributed by atoms with van der Waals surface area (Å²) in [6.07, 6.45) is 1.89. The molecule has 4 aromatic rings. The molecule has 2 bridgehead atoms. The molecule has 240 valence electrons. The van der Waals surface area contributed by atoms with Crippen LogP contribution in [0.2, 0.25) is 5.15 Å². The second-order valence-corrected chi connectivity index (χ2v) is 13.9. The van der Waals surface area contributed by atoms with Gasteiger partial charge in [0.05, 0.1) is 10.5 Å². The Balaban J connectivity index is 1.53.